The summed E-state index contributed by atoms with van der Waals surface area (Å²) in [6, 6.07) is 7.50. The SMILES string of the molecule is CC(O)C1CCN(C(=O)c2ccccc2Br)CC1. The molecule has 98 valence electrons. The molecule has 2 rings (SSSR count). The van der Waals surface area contributed by atoms with Crippen LogP contribution in [0.15, 0.2) is 28.7 Å². The van der Waals surface area contributed by atoms with Gasteiger partial charge in [-0.3, -0.25) is 4.79 Å². The van der Waals surface area contributed by atoms with Gasteiger partial charge >= 0.3 is 0 Å². The molecule has 0 aromatic heterocycles. The Balaban J connectivity index is 2.02. The van der Waals surface area contributed by atoms with E-state index in [-0.39, 0.29) is 12.0 Å². The molecule has 0 aliphatic carbocycles. The van der Waals surface area contributed by atoms with Gasteiger partial charge in [0.25, 0.3) is 5.91 Å². The van der Waals surface area contributed by atoms with Crippen LogP contribution in [0, 0.1) is 5.92 Å². The van der Waals surface area contributed by atoms with E-state index in [0.717, 1.165) is 30.4 Å². The molecular weight excluding hydrogens is 294 g/mol. The van der Waals surface area contributed by atoms with Crippen molar-refractivity contribution >= 4 is 21.8 Å². The number of carbonyl (C=O) groups excluding carboxylic acids is 1. The van der Waals surface area contributed by atoms with Crippen LogP contribution in [0.4, 0.5) is 0 Å². The summed E-state index contributed by atoms with van der Waals surface area (Å²) in [5.74, 6) is 0.403. The van der Waals surface area contributed by atoms with Crippen molar-refractivity contribution in [2.45, 2.75) is 25.9 Å². The maximum atomic E-state index is 12.3. The standard InChI is InChI=1S/C14H18BrNO2/c1-10(17)11-6-8-16(9-7-11)14(18)12-4-2-3-5-13(12)15/h2-5,10-11,17H,6-9H2,1H3. The van der Waals surface area contributed by atoms with E-state index >= 15 is 0 Å². The second kappa shape index (κ2) is 5.85. The minimum absolute atomic E-state index is 0.0755. The predicted octanol–water partition coefficient (Wildman–Crippen LogP) is 2.68. The molecule has 1 aromatic carbocycles. The molecule has 1 N–H and O–H groups in total. The van der Waals surface area contributed by atoms with E-state index < -0.39 is 0 Å². The van der Waals surface area contributed by atoms with Gasteiger partial charge < -0.3 is 10.0 Å². The van der Waals surface area contributed by atoms with Crippen LogP contribution in [0.1, 0.15) is 30.1 Å². The summed E-state index contributed by atoms with van der Waals surface area (Å²) < 4.78 is 0.840. The predicted molar refractivity (Wildman–Crippen MR) is 74.5 cm³/mol. The fraction of sp³-hybridized carbons (Fsp3) is 0.500. The summed E-state index contributed by atoms with van der Waals surface area (Å²) in [6.07, 6.45) is 1.49. The van der Waals surface area contributed by atoms with E-state index in [1.807, 2.05) is 36.1 Å². The number of rotatable bonds is 2. The number of aliphatic hydroxyl groups excluding tert-OH is 1. The van der Waals surface area contributed by atoms with Gasteiger partial charge in [-0.05, 0) is 53.7 Å². The van der Waals surface area contributed by atoms with Crippen LogP contribution in [0.3, 0.4) is 0 Å². The number of hydrogen-bond donors (Lipinski definition) is 1. The monoisotopic (exact) mass is 311 g/mol. The molecule has 1 saturated heterocycles. The van der Waals surface area contributed by atoms with Crippen LogP contribution in [-0.2, 0) is 0 Å². The number of benzene rings is 1. The van der Waals surface area contributed by atoms with E-state index in [0.29, 0.717) is 11.5 Å². The molecule has 1 amide bonds. The van der Waals surface area contributed by atoms with Gasteiger partial charge in [0.1, 0.15) is 0 Å². The summed E-state index contributed by atoms with van der Waals surface area (Å²) in [5, 5.41) is 9.55. The first-order chi connectivity index (χ1) is 8.59. The number of nitrogens with zero attached hydrogens (tertiary/aromatic N) is 1. The van der Waals surface area contributed by atoms with Gasteiger partial charge in [-0.15, -0.1) is 0 Å². The van der Waals surface area contributed by atoms with Crippen molar-refractivity contribution < 1.29 is 9.90 Å². The Morgan fingerprint density at radius 3 is 2.56 bits per heavy atom. The molecule has 3 nitrogen and oxygen atoms in total. The topological polar surface area (TPSA) is 40.5 Å². The lowest BCUT2D eigenvalue weighted by Crippen LogP contribution is -2.40. The lowest BCUT2D eigenvalue weighted by molar-refractivity contribution is 0.0521. The van der Waals surface area contributed by atoms with Crippen LogP contribution in [-0.4, -0.2) is 35.1 Å². The quantitative estimate of drug-likeness (QED) is 0.912. The number of halogens is 1. The van der Waals surface area contributed by atoms with Gasteiger partial charge in [0.2, 0.25) is 0 Å². The molecule has 1 unspecified atom stereocenters. The van der Waals surface area contributed by atoms with Gasteiger partial charge in [-0.2, -0.15) is 0 Å². The Morgan fingerprint density at radius 2 is 2.00 bits per heavy atom. The van der Waals surface area contributed by atoms with Gasteiger partial charge in [-0.1, -0.05) is 12.1 Å². The molecule has 0 radical (unpaired) electrons. The largest absolute Gasteiger partial charge is 0.393 e. The van der Waals surface area contributed by atoms with Crippen molar-refractivity contribution in [3.8, 4) is 0 Å². The molecule has 4 heteroatoms. The van der Waals surface area contributed by atoms with Crippen LogP contribution in [0.2, 0.25) is 0 Å². The third-order valence-electron chi connectivity index (χ3n) is 3.61. The van der Waals surface area contributed by atoms with Gasteiger partial charge in [-0.25, -0.2) is 0 Å². The van der Waals surface area contributed by atoms with Crippen molar-refractivity contribution in [2.75, 3.05) is 13.1 Å². The Labute approximate surface area is 116 Å². The first kappa shape index (κ1) is 13.6. The van der Waals surface area contributed by atoms with Crippen molar-refractivity contribution in [1.82, 2.24) is 4.90 Å². The molecular formula is C14H18BrNO2. The highest BCUT2D eigenvalue weighted by molar-refractivity contribution is 9.10. The van der Waals surface area contributed by atoms with E-state index in [2.05, 4.69) is 15.9 Å². The number of aliphatic hydroxyl groups is 1. The van der Waals surface area contributed by atoms with Crippen molar-refractivity contribution in [3.63, 3.8) is 0 Å². The van der Waals surface area contributed by atoms with Crippen molar-refractivity contribution in [3.05, 3.63) is 34.3 Å². The zero-order valence-corrected chi connectivity index (χ0v) is 12.1. The maximum Gasteiger partial charge on any atom is 0.254 e. The highest BCUT2D eigenvalue weighted by atomic mass is 79.9. The van der Waals surface area contributed by atoms with Crippen LogP contribution in [0.25, 0.3) is 0 Å². The van der Waals surface area contributed by atoms with E-state index in [4.69, 9.17) is 0 Å². The highest BCUT2D eigenvalue weighted by Crippen LogP contribution is 2.24. The van der Waals surface area contributed by atoms with Crippen molar-refractivity contribution in [2.24, 2.45) is 5.92 Å². The summed E-state index contributed by atoms with van der Waals surface area (Å²) in [4.78, 5) is 14.2. The van der Waals surface area contributed by atoms with Gasteiger partial charge in [0.15, 0.2) is 0 Å². The van der Waals surface area contributed by atoms with Crippen LogP contribution < -0.4 is 0 Å². The lowest BCUT2D eigenvalue weighted by Gasteiger charge is -2.33. The van der Waals surface area contributed by atoms with E-state index in [9.17, 15) is 9.90 Å². The lowest BCUT2D eigenvalue weighted by atomic mass is 9.92. The van der Waals surface area contributed by atoms with Gasteiger partial charge in [0, 0.05) is 17.6 Å². The zero-order valence-electron chi connectivity index (χ0n) is 10.5. The molecule has 1 aromatic rings. The molecule has 1 heterocycles. The molecule has 0 spiro atoms. The summed E-state index contributed by atoms with van der Waals surface area (Å²) in [5.41, 5.74) is 0.716. The number of amides is 1. The Kier molecular flexibility index (Phi) is 4.40. The number of piperidine rings is 1. The summed E-state index contributed by atoms with van der Waals surface area (Å²) >= 11 is 3.41. The fourth-order valence-electron chi connectivity index (χ4n) is 2.39. The first-order valence-electron chi connectivity index (χ1n) is 6.31. The average Bonchev–Trinajstić information content (AvgIpc) is 2.38. The van der Waals surface area contributed by atoms with Crippen LogP contribution in [0.5, 0.6) is 0 Å². The Bertz CT molecular complexity index is 426. The smallest absolute Gasteiger partial charge is 0.254 e. The van der Waals surface area contributed by atoms with Crippen LogP contribution >= 0.6 is 15.9 Å². The third kappa shape index (κ3) is 2.93. The number of likely N-dealkylation sites (tertiary alicyclic amines) is 1. The minimum atomic E-state index is -0.272. The second-order valence-electron chi connectivity index (χ2n) is 4.85. The molecule has 0 saturated carbocycles. The zero-order chi connectivity index (χ0) is 13.1. The molecule has 1 fully saturated rings. The molecule has 1 aliphatic rings. The average molecular weight is 312 g/mol. The summed E-state index contributed by atoms with van der Waals surface area (Å²) in [6.45, 7) is 3.29. The third-order valence-corrected chi connectivity index (χ3v) is 4.30. The molecule has 1 aliphatic heterocycles. The molecule has 0 bridgehead atoms. The van der Waals surface area contributed by atoms with Gasteiger partial charge in [0.05, 0.1) is 11.7 Å². The normalized spacial score (nSPS) is 18.7. The van der Waals surface area contributed by atoms with Crippen molar-refractivity contribution in [1.29, 1.82) is 0 Å². The van der Waals surface area contributed by atoms with E-state index in [1.54, 1.807) is 0 Å². The maximum absolute atomic E-state index is 12.3. The molecule has 1 atom stereocenters. The molecule has 18 heavy (non-hydrogen) atoms. The first-order valence-corrected chi connectivity index (χ1v) is 7.10. The number of hydrogen-bond acceptors (Lipinski definition) is 2. The summed E-state index contributed by atoms with van der Waals surface area (Å²) in [7, 11) is 0. The number of carbonyl (C=O) groups is 1. The Hall–Kier alpha value is -0.870. The minimum Gasteiger partial charge on any atom is -0.393 e. The van der Waals surface area contributed by atoms with E-state index in [1.165, 1.54) is 0 Å². The highest BCUT2D eigenvalue weighted by Gasteiger charge is 2.26. The second-order valence-corrected chi connectivity index (χ2v) is 5.70. The Morgan fingerprint density at radius 1 is 1.39 bits per heavy atom. The fourth-order valence-corrected chi connectivity index (χ4v) is 2.84.